The Balaban J connectivity index is 2.93. The van der Waals surface area contributed by atoms with Crippen LogP contribution in [0.4, 0.5) is 0 Å². The largest absolute Gasteiger partial charge is 0.496 e. The van der Waals surface area contributed by atoms with Gasteiger partial charge in [-0.1, -0.05) is 19.1 Å². The maximum Gasteiger partial charge on any atom is 0.234 e. The summed E-state index contributed by atoms with van der Waals surface area (Å²) in [6.45, 7) is 6.10. The Morgan fingerprint density at radius 1 is 1.42 bits per heavy atom. The number of methoxy groups -OCH3 is 1. The molecule has 0 saturated heterocycles. The molecule has 0 aromatic heterocycles. The molecule has 0 aliphatic rings. The highest BCUT2D eigenvalue weighted by Crippen LogP contribution is 2.24. The minimum Gasteiger partial charge on any atom is -0.496 e. The summed E-state index contributed by atoms with van der Waals surface area (Å²) in [6, 6.07) is 6.18. The summed E-state index contributed by atoms with van der Waals surface area (Å²) in [5.41, 5.74) is 7.35. The molecule has 0 aliphatic carbocycles. The number of rotatable bonds is 6. The Kier molecular flexibility index (Phi) is 5.36. The number of carbonyl (C=O) groups is 1. The van der Waals surface area contributed by atoms with E-state index in [1.165, 1.54) is 5.56 Å². The molecule has 1 aromatic carbocycles. The predicted molar refractivity (Wildman–Crippen MR) is 77.4 cm³/mol. The van der Waals surface area contributed by atoms with Gasteiger partial charge in [-0.3, -0.25) is 4.79 Å². The van der Waals surface area contributed by atoms with Crippen molar-refractivity contribution in [3.05, 3.63) is 29.3 Å². The van der Waals surface area contributed by atoms with Crippen LogP contribution in [-0.4, -0.2) is 25.1 Å². The first-order valence-corrected chi connectivity index (χ1v) is 6.58. The van der Waals surface area contributed by atoms with E-state index >= 15 is 0 Å². The molecule has 0 spiro atoms. The Morgan fingerprint density at radius 3 is 2.63 bits per heavy atom. The summed E-state index contributed by atoms with van der Waals surface area (Å²) in [6.07, 6.45) is 1.68. The fourth-order valence-corrected chi connectivity index (χ4v) is 2.14. The van der Waals surface area contributed by atoms with Crippen LogP contribution in [0.2, 0.25) is 0 Å². The van der Waals surface area contributed by atoms with Crippen molar-refractivity contribution in [2.45, 2.75) is 39.2 Å². The highest BCUT2D eigenvalue weighted by atomic mass is 16.5. The third-order valence-corrected chi connectivity index (χ3v) is 3.05. The second kappa shape index (κ2) is 6.57. The van der Waals surface area contributed by atoms with Crippen LogP contribution in [0.15, 0.2) is 18.2 Å². The minimum atomic E-state index is -0.351. The zero-order valence-corrected chi connectivity index (χ0v) is 12.2. The lowest BCUT2D eigenvalue weighted by Gasteiger charge is -2.27. The third kappa shape index (κ3) is 4.56. The second-order valence-electron chi connectivity index (χ2n) is 5.31. The van der Waals surface area contributed by atoms with Gasteiger partial charge < -0.3 is 15.8 Å². The molecule has 1 aromatic rings. The molecule has 0 radical (unpaired) electrons. The average molecular weight is 264 g/mol. The van der Waals surface area contributed by atoms with Crippen molar-refractivity contribution in [1.82, 2.24) is 5.32 Å². The molecule has 1 amide bonds. The van der Waals surface area contributed by atoms with E-state index < -0.39 is 0 Å². The molecule has 0 bridgehead atoms. The summed E-state index contributed by atoms with van der Waals surface area (Å²) >= 11 is 0. The fraction of sp³-hybridized carbons (Fsp3) is 0.533. The molecule has 3 N–H and O–H groups in total. The van der Waals surface area contributed by atoms with Crippen LogP contribution in [0.1, 0.15) is 31.9 Å². The summed E-state index contributed by atoms with van der Waals surface area (Å²) in [4.78, 5) is 11.4. The molecule has 4 nitrogen and oxygen atoms in total. The number of ether oxygens (including phenoxy) is 1. The average Bonchev–Trinajstić information content (AvgIpc) is 2.37. The minimum absolute atomic E-state index is 0.00949. The number of benzene rings is 1. The summed E-state index contributed by atoms with van der Waals surface area (Å²) in [5.74, 6) is 0.711. The van der Waals surface area contributed by atoms with E-state index in [-0.39, 0.29) is 18.0 Å². The van der Waals surface area contributed by atoms with E-state index in [1.807, 2.05) is 19.9 Å². The first kappa shape index (κ1) is 15.5. The van der Waals surface area contributed by atoms with Gasteiger partial charge in [0.1, 0.15) is 5.75 Å². The van der Waals surface area contributed by atoms with Crippen LogP contribution in [0.3, 0.4) is 0 Å². The number of aryl methyl sites for hydroxylation is 1. The van der Waals surface area contributed by atoms with E-state index in [0.29, 0.717) is 6.42 Å². The van der Waals surface area contributed by atoms with Crippen LogP contribution in [-0.2, 0) is 17.6 Å². The van der Waals surface area contributed by atoms with Crippen LogP contribution >= 0.6 is 0 Å². The molecule has 0 fully saturated rings. The highest BCUT2D eigenvalue weighted by Gasteiger charge is 2.22. The van der Waals surface area contributed by atoms with Gasteiger partial charge in [0, 0.05) is 5.54 Å². The van der Waals surface area contributed by atoms with Gasteiger partial charge in [-0.2, -0.15) is 0 Å². The maximum absolute atomic E-state index is 11.4. The van der Waals surface area contributed by atoms with Crippen molar-refractivity contribution >= 4 is 5.91 Å². The quantitative estimate of drug-likeness (QED) is 0.821. The van der Waals surface area contributed by atoms with E-state index in [2.05, 4.69) is 24.4 Å². The molecule has 0 atom stereocenters. The summed E-state index contributed by atoms with van der Waals surface area (Å²) < 4.78 is 5.38. The molecule has 0 unspecified atom stereocenters. The van der Waals surface area contributed by atoms with E-state index in [1.54, 1.807) is 7.11 Å². The normalized spacial score (nSPS) is 11.2. The van der Waals surface area contributed by atoms with Crippen LogP contribution in [0, 0.1) is 0 Å². The molecule has 4 heteroatoms. The molecule has 0 aliphatic heterocycles. The van der Waals surface area contributed by atoms with Gasteiger partial charge in [0.25, 0.3) is 0 Å². The molecular weight excluding hydrogens is 240 g/mol. The van der Waals surface area contributed by atoms with Gasteiger partial charge in [0.05, 0.1) is 13.7 Å². The van der Waals surface area contributed by atoms with Crippen molar-refractivity contribution in [3.8, 4) is 5.75 Å². The predicted octanol–water partition coefficient (Wildman–Crippen LogP) is 1.65. The molecule has 19 heavy (non-hydrogen) atoms. The van der Waals surface area contributed by atoms with Gasteiger partial charge in [0.2, 0.25) is 5.91 Å². The van der Waals surface area contributed by atoms with Crippen molar-refractivity contribution in [2.75, 3.05) is 13.7 Å². The lowest BCUT2D eigenvalue weighted by Crippen LogP contribution is -2.47. The van der Waals surface area contributed by atoms with Crippen molar-refractivity contribution < 1.29 is 9.53 Å². The van der Waals surface area contributed by atoms with Crippen molar-refractivity contribution in [3.63, 3.8) is 0 Å². The van der Waals surface area contributed by atoms with E-state index in [0.717, 1.165) is 17.7 Å². The zero-order valence-electron chi connectivity index (χ0n) is 12.2. The molecule has 0 saturated carbocycles. The first-order chi connectivity index (χ1) is 8.91. The van der Waals surface area contributed by atoms with Gasteiger partial charge in [-0.25, -0.2) is 0 Å². The smallest absolute Gasteiger partial charge is 0.234 e. The van der Waals surface area contributed by atoms with Gasteiger partial charge in [0.15, 0.2) is 0 Å². The molecular formula is C15H24N2O2. The zero-order chi connectivity index (χ0) is 14.5. The molecule has 106 valence electrons. The van der Waals surface area contributed by atoms with Gasteiger partial charge >= 0.3 is 0 Å². The first-order valence-electron chi connectivity index (χ1n) is 6.58. The molecule has 0 heterocycles. The van der Waals surface area contributed by atoms with E-state index in [9.17, 15) is 4.79 Å². The number of hydrogen-bond acceptors (Lipinski definition) is 3. The Bertz CT molecular complexity index is 442. The Hall–Kier alpha value is -1.55. The lowest BCUT2D eigenvalue weighted by molar-refractivity contribution is -0.121. The van der Waals surface area contributed by atoms with Crippen molar-refractivity contribution in [2.24, 2.45) is 5.73 Å². The molecule has 1 rings (SSSR count). The number of nitrogens with one attached hydrogen (secondary N) is 1. The van der Waals surface area contributed by atoms with E-state index in [4.69, 9.17) is 10.5 Å². The van der Waals surface area contributed by atoms with Crippen molar-refractivity contribution in [1.29, 1.82) is 0 Å². The van der Waals surface area contributed by atoms with Gasteiger partial charge in [-0.15, -0.1) is 0 Å². The van der Waals surface area contributed by atoms with Crippen LogP contribution in [0.5, 0.6) is 5.75 Å². The number of nitrogens with two attached hydrogens (primary N) is 1. The van der Waals surface area contributed by atoms with Crippen LogP contribution < -0.4 is 15.8 Å². The number of amides is 1. The van der Waals surface area contributed by atoms with Crippen LogP contribution in [0.25, 0.3) is 0 Å². The second-order valence-corrected chi connectivity index (χ2v) is 5.31. The number of carbonyl (C=O) groups excluding carboxylic acids is 1. The standard InChI is InChI=1S/C15H24N2O2/c1-5-11-6-7-13(19-4)12(8-11)9-15(2,3)17-14(18)10-16/h6-8H,5,9-10,16H2,1-4H3,(H,17,18). The summed E-state index contributed by atoms with van der Waals surface area (Å²) in [5, 5.41) is 2.92. The summed E-state index contributed by atoms with van der Waals surface area (Å²) in [7, 11) is 1.66. The Morgan fingerprint density at radius 2 is 2.11 bits per heavy atom. The fourth-order valence-electron chi connectivity index (χ4n) is 2.14. The third-order valence-electron chi connectivity index (χ3n) is 3.05. The maximum atomic E-state index is 11.4. The van der Waals surface area contributed by atoms with Gasteiger partial charge in [-0.05, 0) is 43.9 Å². The Labute approximate surface area is 115 Å². The number of hydrogen-bond donors (Lipinski definition) is 2. The highest BCUT2D eigenvalue weighted by molar-refractivity contribution is 5.78. The topological polar surface area (TPSA) is 64.3 Å². The SMILES string of the molecule is CCc1ccc(OC)c(CC(C)(C)NC(=O)CN)c1. The lowest BCUT2D eigenvalue weighted by atomic mass is 9.92. The monoisotopic (exact) mass is 264 g/mol.